The maximum Gasteiger partial charge on any atom is 0.136 e. The van der Waals surface area contributed by atoms with Gasteiger partial charge in [-0.2, -0.15) is 0 Å². The first-order chi connectivity index (χ1) is 28.7. The molecule has 2 aromatic heterocycles. The van der Waals surface area contributed by atoms with E-state index >= 15 is 0 Å². The van der Waals surface area contributed by atoms with E-state index in [-0.39, 0.29) is 0 Å². The smallest absolute Gasteiger partial charge is 0.136 e. The molecule has 0 saturated heterocycles. The predicted molar refractivity (Wildman–Crippen MR) is 250 cm³/mol. The molecule has 268 valence electrons. The maximum absolute atomic E-state index is 6.29. The molecule has 0 N–H and O–H groups in total. The Kier molecular flexibility index (Phi) is 6.66. The molecule has 0 aliphatic heterocycles. The molecular formula is C56H32OS. The van der Waals surface area contributed by atoms with Gasteiger partial charge in [0.25, 0.3) is 0 Å². The molecule has 0 radical (unpaired) electrons. The molecule has 13 rings (SSSR count). The van der Waals surface area contributed by atoms with Crippen LogP contribution in [0.3, 0.4) is 0 Å². The van der Waals surface area contributed by atoms with Crippen LogP contribution in [-0.2, 0) is 0 Å². The average Bonchev–Trinajstić information content (AvgIpc) is 3.82. The maximum atomic E-state index is 6.29. The fourth-order valence-corrected chi connectivity index (χ4v) is 10.8. The molecule has 0 bridgehead atoms. The first-order valence-corrected chi connectivity index (χ1v) is 20.7. The number of rotatable bonds is 3. The van der Waals surface area contributed by atoms with Crippen LogP contribution in [0.15, 0.2) is 199 Å². The van der Waals surface area contributed by atoms with E-state index in [1.165, 1.54) is 118 Å². The molecule has 0 amide bonds. The summed E-state index contributed by atoms with van der Waals surface area (Å²) < 4.78 is 8.88. The number of para-hydroxylation sites is 1. The predicted octanol–water partition coefficient (Wildman–Crippen LogP) is 16.7. The van der Waals surface area contributed by atoms with Crippen LogP contribution in [0, 0.1) is 0 Å². The fourth-order valence-electron chi connectivity index (χ4n) is 9.67. The minimum absolute atomic E-state index is 0.939. The SMILES string of the molecule is c1ccc2c(-c3c4ccccc4c(-c4ccc5cc(-c6ccc7cc8sc9cc%10c(cc9c8cc7c6)oc6ccccc6%10)ccc5c4)c4ccccc34)cccc2c1. The summed E-state index contributed by atoms with van der Waals surface area (Å²) >= 11 is 1.86. The van der Waals surface area contributed by atoms with Crippen molar-refractivity contribution in [2.75, 3.05) is 0 Å². The highest BCUT2D eigenvalue weighted by Gasteiger charge is 2.19. The Hall–Kier alpha value is -7.26. The largest absolute Gasteiger partial charge is 0.456 e. The molecule has 0 aliphatic rings. The summed E-state index contributed by atoms with van der Waals surface area (Å²) in [5.74, 6) is 0. The molecule has 13 aromatic rings. The molecule has 0 atom stereocenters. The van der Waals surface area contributed by atoms with Crippen LogP contribution >= 0.6 is 11.3 Å². The Labute approximate surface area is 337 Å². The van der Waals surface area contributed by atoms with Crippen molar-refractivity contribution in [2.24, 2.45) is 0 Å². The lowest BCUT2D eigenvalue weighted by atomic mass is 9.84. The third-order valence-electron chi connectivity index (χ3n) is 12.4. The lowest BCUT2D eigenvalue weighted by Crippen LogP contribution is -1.91. The van der Waals surface area contributed by atoms with Crippen LogP contribution in [0.5, 0.6) is 0 Å². The molecule has 2 heteroatoms. The van der Waals surface area contributed by atoms with Crippen LogP contribution in [-0.4, -0.2) is 0 Å². The van der Waals surface area contributed by atoms with Gasteiger partial charge in [0.1, 0.15) is 11.2 Å². The summed E-state index contributed by atoms with van der Waals surface area (Å²) in [5.41, 5.74) is 9.40. The van der Waals surface area contributed by atoms with Gasteiger partial charge in [0.05, 0.1) is 0 Å². The quantitative estimate of drug-likeness (QED) is 0.164. The minimum atomic E-state index is 0.939. The van der Waals surface area contributed by atoms with Gasteiger partial charge in [-0.25, -0.2) is 0 Å². The second kappa shape index (κ2) is 12.1. The zero-order valence-corrected chi connectivity index (χ0v) is 32.1. The zero-order valence-electron chi connectivity index (χ0n) is 31.3. The van der Waals surface area contributed by atoms with E-state index in [9.17, 15) is 0 Å². The highest BCUT2D eigenvalue weighted by molar-refractivity contribution is 7.26. The van der Waals surface area contributed by atoms with E-state index in [1.807, 2.05) is 17.4 Å². The van der Waals surface area contributed by atoms with Crippen LogP contribution in [0.4, 0.5) is 0 Å². The molecule has 0 unspecified atom stereocenters. The Bertz CT molecular complexity index is 3800. The summed E-state index contributed by atoms with van der Waals surface area (Å²) in [6, 6.07) is 71.7. The van der Waals surface area contributed by atoms with Crippen molar-refractivity contribution in [2.45, 2.75) is 0 Å². The minimum Gasteiger partial charge on any atom is -0.456 e. The first-order valence-electron chi connectivity index (χ1n) is 19.9. The fraction of sp³-hybridized carbons (Fsp3) is 0. The molecule has 0 fully saturated rings. The van der Waals surface area contributed by atoms with Crippen molar-refractivity contribution in [3.05, 3.63) is 194 Å². The molecule has 58 heavy (non-hydrogen) atoms. The number of hydrogen-bond acceptors (Lipinski definition) is 2. The highest BCUT2D eigenvalue weighted by Crippen LogP contribution is 2.46. The van der Waals surface area contributed by atoms with Gasteiger partial charge in [-0.05, 0) is 136 Å². The van der Waals surface area contributed by atoms with Gasteiger partial charge in [0.15, 0.2) is 0 Å². The topological polar surface area (TPSA) is 13.1 Å². The standard InChI is InChI=1S/C56H32OS/c1-2-12-41-33(10-1)11-9-18-43(41)56-46-16-5-3-14-44(46)55(45-15-4-6-17-47(45)56)39-25-24-35-26-34(20-21-36(35)27-39)37-22-23-38-30-53-49(29-40(38)28-37)50-31-52-48(32-54(50)58-53)42-13-7-8-19-51(42)57-52/h1-32H. The van der Waals surface area contributed by atoms with Gasteiger partial charge < -0.3 is 4.42 Å². The van der Waals surface area contributed by atoms with E-state index in [0.717, 1.165) is 11.2 Å². The third-order valence-corrected chi connectivity index (χ3v) is 13.5. The lowest BCUT2D eigenvalue weighted by molar-refractivity contribution is 0.669. The molecule has 11 aromatic carbocycles. The Morgan fingerprint density at radius 2 is 0.810 bits per heavy atom. The van der Waals surface area contributed by atoms with Gasteiger partial charge in [-0.1, -0.05) is 146 Å². The van der Waals surface area contributed by atoms with Crippen LogP contribution < -0.4 is 0 Å². The number of fused-ring (bicyclic) bond motifs is 11. The van der Waals surface area contributed by atoms with Crippen molar-refractivity contribution in [3.8, 4) is 33.4 Å². The molecule has 0 spiro atoms. The van der Waals surface area contributed by atoms with Crippen LogP contribution in [0.1, 0.15) is 0 Å². The number of thiophene rings is 1. The van der Waals surface area contributed by atoms with Crippen molar-refractivity contribution in [1.82, 2.24) is 0 Å². The highest BCUT2D eigenvalue weighted by atomic mass is 32.1. The summed E-state index contributed by atoms with van der Waals surface area (Å²) in [6.45, 7) is 0. The Balaban J connectivity index is 0.925. The van der Waals surface area contributed by atoms with Crippen molar-refractivity contribution in [3.63, 3.8) is 0 Å². The van der Waals surface area contributed by atoms with Gasteiger partial charge in [-0.15, -0.1) is 11.3 Å². The van der Waals surface area contributed by atoms with Gasteiger partial charge >= 0.3 is 0 Å². The number of benzene rings is 11. The Morgan fingerprint density at radius 3 is 1.55 bits per heavy atom. The zero-order chi connectivity index (χ0) is 37.9. The van der Waals surface area contributed by atoms with Crippen molar-refractivity contribution < 1.29 is 4.42 Å². The van der Waals surface area contributed by atoms with E-state index in [4.69, 9.17) is 4.42 Å². The Morgan fingerprint density at radius 1 is 0.276 bits per heavy atom. The van der Waals surface area contributed by atoms with Gasteiger partial charge in [0.2, 0.25) is 0 Å². The van der Waals surface area contributed by atoms with E-state index in [1.54, 1.807) is 0 Å². The first kappa shape index (κ1) is 31.9. The van der Waals surface area contributed by atoms with E-state index in [0.29, 0.717) is 0 Å². The molecular weight excluding hydrogens is 721 g/mol. The number of furan rings is 1. The van der Waals surface area contributed by atoms with Crippen molar-refractivity contribution >= 4 is 107 Å². The molecule has 1 nitrogen and oxygen atoms in total. The summed E-state index contributed by atoms with van der Waals surface area (Å²) in [5, 5.41) is 17.5. The third kappa shape index (κ3) is 4.70. The van der Waals surface area contributed by atoms with Crippen LogP contribution in [0.2, 0.25) is 0 Å². The number of hydrogen-bond donors (Lipinski definition) is 0. The summed E-state index contributed by atoms with van der Waals surface area (Å²) in [4.78, 5) is 0. The summed E-state index contributed by atoms with van der Waals surface area (Å²) in [6.07, 6.45) is 0. The monoisotopic (exact) mass is 752 g/mol. The second-order valence-electron chi connectivity index (χ2n) is 15.6. The second-order valence-corrected chi connectivity index (χ2v) is 16.7. The lowest BCUT2D eigenvalue weighted by Gasteiger charge is -2.19. The average molecular weight is 753 g/mol. The molecule has 2 heterocycles. The summed E-state index contributed by atoms with van der Waals surface area (Å²) in [7, 11) is 0. The van der Waals surface area contributed by atoms with Gasteiger partial charge in [-0.3, -0.25) is 0 Å². The van der Waals surface area contributed by atoms with E-state index < -0.39 is 0 Å². The molecule has 0 aliphatic carbocycles. The van der Waals surface area contributed by atoms with E-state index in [2.05, 4.69) is 188 Å². The van der Waals surface area contributed by atoms with Crippen molar-refractivity contribution in [1.29, 1.82) is 0 Å². The normalized spacial score (nSPS) is 12.1. The molecule has 0 saturated carbocycles. The van der Waals surface area contributed by atoms with Gasteiger partial charge in [0, 0.05) is 30.9 Å². The van der Waals surface area contributed by atoms with Crippen LogP contribution in [0.25, 0.3) is 129 Å².